The second-order valence-electron chi connectivity index (χ2n) is 7.05. The zero-order valence-corrected chi connectivity index (χ0v) is 14.9. The molecular formula is C16H23ClN4S. The monoisotopic (exact) mass is 338 g/mol. The fourth-order valence-electron chi connectivity index (χ4n) is 3.21. The van der Waals surface area contributed by atoms with Crippen LogP contribution in [0, 0.1) is 11.3 Å². The van der Waals surface area contributed by atoms with Crippen LogP contribution in [0.25, 0.3) is 10.2 Å². The lowest BCUT2D eigenvalue weighted by molar-refractivity contribution is 0.218. The average Bonchev–Trinajstić information content (AvgIpc) is 2.80. The highest BCUT2D eigenvalue weighted by Crippen LogP contribution is 2.44. The van der Waals surface area contributed by atoms with Crippen molar-refractivity contribution in [2.75, 3.05) is 18.4 Å². The lowest BCUT2D eigenvalue weighted by Crippen LogP contribution is -2.26. The Morgan fingerprint density at radius 1 is 1.36 bits per heavy atom. The molecule has 2 aromatic rings. The smallest absolute Gasteiger partial charge is 0.225 e. The predicted octanol–water partition coefficient (Wildman–Crippen LogP) is 3.87. The first-order chi connectivity index (χ1) is 10.4. The molecule has 0 spiro atoms. The van der Waals surface area contributed by atoms with E-state index in [0.717, 1.165) is 34.8 Å². The van der Waals surface area contributed by atoms with Gasteiger partial charge in [-0.25, -0.2) is 9.97 Å². The van der Waals surface area contributed by atoms with Crippen molar-refractivity contribution in [2.45, 2.75) is 40.0 Å². The van der Waals surface area contributed by atoms with Gasteiger partial charge in [-0.15, -0.1) is 11.3 Å². The fraction of sp³-hybridized carbons (Fsp3) is 0.625. The Bertz CT molecular complexity index is 689. The highest BCUT2D eigenvalue weighted by molar-refractivity contribution is 7.19. The Hall–Kier alpha value is -0.910. The maximum absolute atomic E-state index is 6.08. The summed E-state index contributed by atoms with van der Waals surface area (Å²) in [6.07, 6.45) is 3.45. The number of aromatic nitrogens is 2. The molecule has 0 amide bonds. The summed E-state index contributed by atoms with van der Waals surface area (Å²) < 4.78 is 0. The van der Waals surface area contributed by atoms with Crippen LogP contribution in [0.5, 0.6) is 0 Å². The minimum atomic E-state index is 0.304. The number of aryl methyl sites for hydroxylation is 1. The maximum Gasteiger partial charge on any atom is 0.225 e. The quantitative estimate of drug-likeness (QED) is 0.834. The summed E-state index contributed by atoms with van der Waals surface area (Å²) >= 11 is 7.86. The molecule has 3 N–H and O–H groups in total. The first kappa shape index (κ1) is 16.0. The van der Waals surface area contributed by atoms with Gasteiger partial charge >= 0.3 is 0 Å². The van der Waals surface area contributed by atoms with Crippen molar-refractivity contribution in [2.24, 2.45) is 17.1 Å². The fourth-order valence-corrected chi connectivity index (χ4v) is 4.73. The van der Waals surface area contributed by atoms with Crippen molar-refractivity contribution >= 4 is 39.0 Å². The van der Waals surface area contributed by atoms with E-state index in [1.807, 2.05) is 0 Å². The first-order valence-corrected chi connectivity index (χ1v) is 9.01. The van der Waals surface area contributed by atoms with E-state index in [1.54, 1.807) is 11.3 Å². The summed E-state index contributed by atoms with van der Waals surface area (Å²) in [4.78, 5) is 11.3. The van der Waals surface area contributed by atoms with Crippen LogP contribution in [0.4, 0.5) is 5.82 Å². The lowest BCUT2D eigenvalue weighted by Gasteiger charge is -2.33. The molecule has 0 aromatic carbocycles. The number of halogens is 1. The number of nitrogens with two attached hydrogens (primary N) is 1. The number of nitrogens with one attached hydrogen (secondary N) is 1. The van der Waals surface area contributed by atoms with Crippen LogP contribution >= 0.6 is 22.9 Å². The largest absolute Gasteiger partial charge is 0.368 e. The van der Waals surface area contributed by atoms with Crippen LogP contribution in [0.3, 0.4) is 0 Å². The predicted molar refractivity (Wildman–Crippen MR) is 94.9 cm³/mol. The topological polar surface area (TPSA) is 63.8 Å². The van der Waals surface area contributed by atoms with Crippen LogP contribution in [-0.2, 0) is 12.8 Å². The number of anilines is 1. The summed E-state index contributed by atoms with van der Waals surface area (Å²) in [7, 11) is 0. The second-order valence-corrected chi connectivity index (χ2v) is 8.47. The molecule has 0 fully saturated rings. The van der Waals surface area contributed by atoms with Crippen molar-refractivity contribution in [1.29, 1.82) is 0 Å². The molecule has 0 aliphatic heterocycles. The molecule has 0 saturated heterocycles. The number of nitrogens with zero attached hydrogens (tertiary/aromatic N) is 2. The van der Waals surface area contributed by atoms with Crippen molar-refractivity contribution < 1.29 is 0 Å². The minimum Gasteiger partial charge on any atom is -0.368 e. The summed E-state index contributed by atoms with van der Waals surface area (Å²) in [6, 6.07) is 0. The third-order valence-corrected chi connectivity index (χ3v) is 5.86. The Labute approximate surface area is 140 Å². The van der Waals surface area contributed by atoms with Crippen LogP contribution < -0.4 is 11.1 Å². The van der Waals surface area contributed by atoms with E-state index in [0.29, 0.717) is 23.8 Å². The van der Waals surface area contributed by atoms with Gasteiger partial charge in [0.05, 0.1) is 5.39 Å². The normalized spacial score (nSPS) is 18.5. The Morgan fingerprint density at radius 2 is 2.14 bits per heavy atom. The molecule has 4 nitrogen and oxygen atoms in total. The van der Waals surface area contributed by atoms with E-state index in [-0.39, 0.29) is 0 Å². The van der Waals surface area contributed by atoms with Gasteiger partial charge in [0.2, 0.25) is 5.28 Å². The molecule has 3 rings (SSSR count). The molecule has 0 saturated carbocycles. The van der Waals surface area contributed by atoms with E-state index in [1.165, 1.54) is 16.9 Å². The van der Waals surface area contributed by atoms with Crippen LogP contribution in [0.1, 0.15) is 37.6 Å². The molecule has 0 bridgehead atoms. The van der Waals surface area contributed by atoms with E-state index in [9.17, 15) is 0 Å². The van der Waals surface area contributed by atoms with Crippen molar-refractivity contribution in [3.63, 3.8) is 0 Å². The Balaban J connectivity index is 2.05. The van der Waals surface area contributed by atoms with Gasteiger partial charge in [-0.1, -0.05) is 20.8 Å². The molecule has 1 aliphatic rings. The molecule has 1 aliphatic carbocycles. The molecule has 6 heteroatoms. The number of fused-ring (bicyclic) bond motifs is 3. The van der Waals surface area contributed by atoms with Gasteiger partial charge in [0.1, 0.15) is 10.6 Å². The third kappa shape index (κ3) is 2.94. The standard InChI is InChI=1S/C16H23ClN4S/c1-16(2,3)9-4-5-10-11(8-9)22-14-12(10)13(19-7-6-18)20-15(17)21-14/h9H,4-8,18H2,1-3H3,(H,19,20,21). The van der Waals surface area contributed by atoms with E-state index in [4.69, 9.17) is 17.3 Å². The van der Waals surface area contributed by atoms with Gasteiger partial charge in [0.15, 0.2) is 0 Å². The summed E-state index contributed by atoms with van der Waals surface area (Å²) in [5, 5.41) is 4.76. The first-order valence-electron chi connectivity index (χ1n) is 7.82. The van der Waals surface area contributed by atoms with E-state index in [2.05, 4.69) is 36.1 Å². The number of hydrogen-bond acceptors (Lipinski definition) is 5. The van der Waals surface area contributed by atoms with Crippen molar-refractivity contribution in [3.8, 4) is 0 Å². The summed E-state index contributed by atoms with van der Waals surface area (Å²) in [6.45, 7) is 8.27. The summed E-state index contributed by atoms with van der Waals surface area (Å²) in [5.74, 6) is 1.56. The van der Waals surface area contributed by atoms with Gasteiger partial charge in [-0.2, -0.15) is 0 Å². The molecule has 0 radical (unpaired) electrons. The van der Waals surface area contributed by atoms with Crippen LogP contribution in [-0.4, -0.2) is 23.1 Å². The van der Waals surface area contributed by atoms with Gasteiger partial charge in [-0.05, 0) is 47.8 Å². The molecular weight excluding hydrogens is 316 g/mol. The molecule has 120 valence electrons. The number of rotatable bonds is 3. The Kier molecular flexibility index (Phi) is 4.32. The zero-order valence-electron chi connectivity index (χ0n) is 13.4. The lowest BCUT2D eigenvalue weighted by atomic mass is 9.72. The third-order valence-electron chi connectivity index (χ3n) is 4.54. The van der Waals surface area contributed by atoms with Crippen molar-refractivity contribution in [3.05, 3.63) is 15.7 Å². The minimum absolute atomic E-state index is 0.304. The molecule has 22 heavy (non-hydrogen) atoms. The number of hydrogen-bond donors (Lipinski definition) is 2. The van der Waals surface area contributed by atoms with Gasteiger partial charge in [0.25, 0.3) is 0 Å². The Morgan fingerprint density at radius 3 is 2.82 bits per heavy atom. The molecule has 2 heterocycles. The van der Waals surface area contributed by atoms with Crippen LogP contribution in [0.2, 0.25) is 5.28 Å². The number of thiophene rings is 1. The molecule has 1 atom stereocenters. The van der Waals surface area contributed by atoms with E-state index < -0.39 is 0 Å². The highest BCUT2D eigenvalue weighted by Gasteiger charge is 2.31. The van der Waals surface area contributed by atoms with E-state index >= 15 is 0 Å². The van der Waals surface area contributed by atoms with Gasteiger partial charge < -0.3 is 11.1 Å². The van der Waals surface area contributed by atoms with Gasteiger partial charge in [-0.3, -0.25) is 0 Å². The molecule has 1 unspecified atom stereocenters. The molecule has 2 aromatic heterocycles. The zero-order chi connectivity index (χ0) is 15.9. The average molecular weight is 339 g/mol. The maximum atomic E-state index is 6.08. The second kappa shape index (κ2) is 5.95. The highest BCUT2D eigenvalue weighted by atomic mass is 35.5. The SMILES string of the molecule is CC(C)(C)C1CCc2c(sc3nc(Cl)nc(NCCN)c23)C1. The van der Waals surface area contributed by atoms with Crippen molar-refractivity contribution in [1.82, 2.24) is 9.97 Å². The van der Waals surface area contributed by atoms with Crippen LogP contribution in [0.15, 0.2) is 0 Å². The summed E-state index contributed by atoms with van der Waals surface area (Å²) in [5.41, 5.74) is 7.36. The van der Waals surface area contributed by atoms with Gasteiger partial charge in [0, 0.05) is 18.0 Å².